The maximum absolute atomic E-state index is 12.1. The number of benzene rings is 1. The van der Waals surface area contributed by atoms with Crippen LogP contribution in [0.15, 0.2) is 30.5 Å². The number of hydrogen-bond acceptors (Lipinski definition) is 4. The number of rotatable bonds is 4. The first kappa shape index (κ1) is 14.3. The van der Waals surface area contributed by atoms with Gasteiger partial charge in [0.25, 0.3) is 5.91 Å². The van der Waals surface area contributed by atoms with E-state index in [0.717, 1.165) is 21.3 Å². The maximum atomic E-state index is 12.1. The number of nitrogens with two attached hydrogens (primary N) is 1. The van der Waals surface area contributed by atoms with Crippen molar-refractivity contribution in [2.45, 2.75) is 13.3 Å². The van der Waals surface area contributed by atoms with Crippen LogP contribution in [0.1, 0.15) is 20.1 Å². The van der Waals surface area contributed by atoms with E-state index in [2.05, 4.69) is 15.5 Å². The fraction of sp³-hybridized carbons (Fsp3) is 0.133. The Labute approximate surface area is 130 Å². The van der Waals surface area contributed by atoms with E-state index >= 15 is 0 Å². The highest BCUT2D eigenvalue weighted by molar-refractivity contribution is 7.14. The van der Waals surface area contributed by atoms with Gasteiger partial charge in [0.1, 0.15) is 0 Å². The van der Waals surface area contributed by atoms with Crippen LogP contribution in [0.4, 0.5) is 5.69 Å². The third-order valence-corrected chi connectivity index (χ3v) is 4.37. The summed E-state index contributed by atoms with van der Waals surface area (Å²) >= 11 is 1.27. The molecule has 0 aliphatic heterocycles. The van der Waals surface area contributed by atoms with Gasteiger partial charge in [-0.15, -0.1) is 11.3 Å². The number of aromatic amines is 1. The highest BCUT2D eigenvalue weighted by Gasteiger charge is 2.12. The molecule has 0 saturated heterocycles. The fourth-order valence-electron chi connectivity index (χ4n) is 2.21. The van der Waals surface area contributed by atoms with Gasteiger partial charge in [-0.05, 0) is 30.7 Å². The van der Waals surface area contributed by atoms with E-state index in [-0.39, 0.29) is 12.3 Å². The molecule has 1 aromatic carbocycles. The molecule has 112 valence electrons. The number of amides is 2. The zero-order valence-electron chi connectivity index (χ0n) is 11.8. The van der Waals surface area contributed by atoms with Crippen molar-refractivity contribution in [2.24, 2.45) is 5.73 Å². The molecule has 4 N–H and O–H groups in total. The third-order valence-electron chi connectivity index (χ3n) is 3.30. The van der Waals surface area contributed by atoms with Crippen LogP contribution in [-0.2, 0) is 11.2 Å². The second kappa shape index (κ2) is 5.61. The van der Waals surface area contributed by atoms with Crippen LogP contribution in [-0.4, -0.2) is 22.0 Å². The Hall–Kier alpha value is -2.67. The van der Waals surface area contributed by atoms with Gasteiger partial charge in [-0.3, -0.25) is 14.7 Å². The van der Waals surface area contributed by atoms with Gasteiger partial charge >= 0.3 is 0 Å². The molecule has 7 heteroatoms. The predicted molar refractivity (Wildman–Crippen MR) is 86.0 cm³/mol. The summed E-state index contributed by atoms with van der Waals surface area (Å²) in [5.74, 6) is -0.626. The molecule has 0 radical (unpaired) electrons. The van der Waals surface area contributed by atoms with Crippen LogP contribution in [0.3, 0.4) is 0 Å². The zero-order chi connectivity index (χ0) is 15.7. The summed E-state index contributed by atoms with van der Waals surface area (Å²) in [5, 5.41) is 10.6. The fourth-order valence-corrected chi connectivity index (χ4v) is 3.04. The van der Waals surface area contributed by atoms with Crippen LogP contribution < -0.4 is 11.1 Å². The van der Waals surface area contributed by atoms with E-state index in [9.17, 15) is 9.59 Å². The highest BCUT2D eigenvalue weighted by atomic mass is 32.1. The third kappa shape index (κ3) is 2.84. The number of fused-ring (bicyclic) bond motifs is 1. The molecular weight excluding hydrogens is 300 g/mol. The molecule has 0 fully saturated rings. The lowest BCUT2D eigenvalue weighted by Gasteiger charge is -2.04. The lowest BCUT2D eigenvalue weighted by Crippen LogP contribution is -2.14. The highest BCUT2D eigenvalue weighted by Crippen LogP contribution is 2.26. The molecule has 0 atom stereocenters. The second-order valence-electron chi connectivity index (χ2n) is 4.96. The van der Waals surface area contributed by atoms with E-state index in [0.29, 0.717) is 10.6 Å². The molecule has 2 amide bonds. The molecule has 2 heterocycles. The SMILES string of the molecule is Cc1sc(C(N)=O)cc1NC(=O)Cc1ccc2[nH]ncc2c1. The number of nitrogens with zero attached hydrogens (tertiary/aromatic N) is 1. The lowest BCUT2D eigenvalue weighted by molar-refractivity contribution is -0.115. The second-order valence-corrected chi connectivity index (χ2v) is 6.22. The van der Waals surface area contributed by atoms with E-state index in [1.807, 2.05) is 25.1 Å². The predicted octanol–water partition coefficient (Wildman–Crippen LogP) is 2.21. The number of anilines is 1. The first-order valence-electron chi connectivity index (χ1n) is 6.65. The maximum Gasteiger partial charge on any atom is 0.258 e. The van der Waals surface area contributed by atoms with Gasteiger partial charge in [-0.25, -0.2) is 0 Å². The quantitative estimate of drug-likeness (QED) is 0.688. The number of carbonyl (C=O) groups excluding carboxylic acids is 2. The topological polar surface area (TPSA) is 101 Å². The molecule has 0 aliphatic carbocycles. The molecule has 3 rings (SSSR count). The van der Waals surface area contributed by atoms with Gasteiger partial charge in [0.05, 0.1) is 28.7 Å². The van der Waals surface area contributed by atoms with Gasteiger partial charge in [0, 0.05) is 10.3 Å². The molecule has 2 aromatic heterocycles. The number of nitrogens with one attached hydrogen (secondary N) is 2. The Morgan fingerprint density at radius 2 is 2.18 bits per heavy atom. The van der Waals surface area contributed by atoms with Crippen molar-refractivity contribution in [3.63, 3.8) is 0 Å². The number of carbonyl (C=O) groups is 2. The van der Waals surface area contributed by atoms with Crippen LogP contribution in [0.5, 0.6) is 0 Å². The standard InChI is InChI=1S/C15H14N4O2S/c1-8-12(6-13(22-8)15(16)21)18-14(20)5-9-2-3-11-10(4-9)7-17-19-11/h2-4,6-7H,5H2,1H3,(H2,16,21)(H,17,19)(H,18,20). The van der Waals surface area contributed by atoms with Crippen molar-refractivity contribution in [3.8, 4) is 0 Å². The van der Waals surface area contributed by atoms with Gasteiger partial charge in [-0.2, -0.15) is 5.10 Å². The minimum absolute atomic E-state index is 0.139. The van der Waals surface area contributed by atoms with Crippen LogP contribution in [0, 0.1) is 6.92 Å². The van der Waals surface area contributed by atoms with E-state index < -0.39 is 5.91 Å². The number of aromatic nitrogens is 2. The number of primary amides is 1. The normalized spacial score (nSPS) is 10.8. The molecule has 22 heavy (non-hydrogen) atoms. The minimum Gasteiger partial charge on any atom is -0.365 e. The Balaban J connectivity index is 1.73. The number of thiophene rings is 1. The first-order chi connectivity index (χ1) is 10.5. The average Bonchev–Trinajstić information content (AvgIpc) is 3.05. The van der Waals surface area contributed by atoms with Gasteiger partial charge in [0.2, 0.25) is 5.91 Å². The summed E-state index contributed by atoms with van der Waals surface area (Å²) in [6, 6.07) is 7.31. The molecule has 0 spiro atoms. The molecule has 0 unspecified atom stereocenters. The molecule has 0 aliphatic rings. The summed E-state index contributed by atoms with van der Waals surface area (Å²) in [7, 11) is 0. The van der Waals surface area contributed by atoms with Crippen molar-refractivity contribution < 1.29 is 9.59 Å². The Bertz CT molecular complexity index is 865. The number of H-pyrrole nitrogens is 1. The summed E-state index contributed by atoms with van der Waals surface area (Å²) < 4.78 is 0. The average molecular weight is 314 g/mol. The Morgan fingerprint density at radius 1 is 1.36 bits per heavy atom. The molecule has 0 saturated carbocycles. The Morgan fingerprint density at radius 3 is 2.91 bits per heavy atom. The number of aryl methyl sites for hydroxylation is 1. The molecule has 0 bridgehead atoms. The van der Waals surface area contributed by atoms with Crippen molar-refractivity contribution in [3.05, 3.63) is 45.8 Å². The summed E-state index contributed by atoms with van der Waals surface area (Å²) in [4.78, 5) is 24.6. The monoisotopic (exact) mass is 314 g/mol. The smallest absolute Gasteiger partial charge is 0.258 e. The van der Waals surface area contributed by atoms with Gasteiger partial charge in [-0.1, -0.05) is 6.07 Å². The van der Waals surface area contributed by atoms with E-state index in [4.69, 9.17) is 5.73 Å². The first-order valence-corrected chi connectivity index (χ1v) is 7.46. The van der Waals surface area contributed by atoms with Crippen molar-refractivity contribution in [2.75, 3.05) is 5.32 Å². The van der Waals surface area contributed by atoms with Gasteiger partial charge in [0.15, 0.2) is 0 Å². The van der Waals surface area contributed by atoms with Crippen LogP contribution in [0.25, 0.3) is 10.9 Å². The molecule has 6 nitrogen and oxygen atoms in total. The van der Waals surface area contributed by atoms with Crippen molar-refractivity contribution in [1.82, 2.24) is 10.2 Å². The summed E-state index contributed by atoms with van der Waals surface area (Å²) in [6.07, 6.45) is 1.97. The van der Waals surface area contributed by atoms with Crippen molar-refractivity contribution >= 4 is 39.7 Å². The van der Waals surface area contributed by atoms with E-state index in [1.165, 1.54) is 11.3 Å². The van der Waals surface area contributed by atoms with Crippen molar-refractivity contribution in [1.29, 1.82) is 0 Å². The van der Waals surface area contributed by atoms with Crippen LogP contribution >= 0.6 is 11.3 Å². The largest absolute Gasteiger partial charge is 0.365 e. The summed E-state index contributed by atoms with van der Waals surface area (Å²) in [6.45, 7) is 1.84. The molecule has 3 aromatic rings. The van der Waals surface area contributed by atoms with Gasteiger partial charge < -0.3 is 11.1 Å². The Kier molecular flexibility index (Phi) is 3.64. The summed E-state index contributed by atoms with van der Waals surface area (Å²) in [5.41, 5.74) is 7.71. The lowest BCUT2D eigenvalue weighted by atomic mass is 10.1. The molecular formula is C15H14N4O2S. The zero-order valence-corrected chi connectivity index (χ0v) is 12.7. The minimum atomic E-state index is -0.487. The number of hydrogen-bond donors (Lipinski definition) is 3. The van der Waals surface area contributed by atoms with Crippen LogP contribution in [0.2, 0.25) is 0 Å². The van der Waals surface area contributed by atoms with E-state index in [1.54, 1.807) is 12.3 Å².